The van der Waals surface area contributed by atoms with Crippen molar-refractivity contribution >= 4 is 27.9 Å². The Morgan fingerprint density at radius 2 is 1.87 bits per heavy atom. The molecule has 4 aromatic rings. The summed E-state index contributed by atoms with van der Waals surface area (Å²) in [6.45, 7) is 12.2. The maximum absolute atomic E-state index is 14.7. The number of allylic oxidation sites excluding steroid dienone is 2. The highest BCUT2D eigenvalue weighted by atomic mass is 19.1. The molecular weight excluding hydrogens is 489 g/mol. The Morgan fingerprint density at radius 1 is 1.10 bits per heavy atom. The quantitative estimate of drug-likeness (QED) is 0.199. The second kappa shape index (κ2) is 11.9. The van der Waals surface area contributed by atoms with E-state index < -0.39 is 0 Å². The smallest absolute Gasteiger partial charge is 0.159 e. The van der Waals surface area contributed by atoms with Crippen LogP contribution in [0.2, 0.25) is 0 Å². The Bertz CT molecular complexity index is 1500. The zero-order chi connectivity index (χ0) is 28.3. The Morgan fingerprint density at radius 3 is 2.51 bits per heavy atom. The van der Waals surface area contributed by atoms with E-state index in [9.17, 15) is 4.39 Å². The van der Waals surface area contributed by atoms with Gasteiger partial charge in [0.05, 0.1) is 11.2 Å². The first-order valence-corrected chi connectivity index (χ1v) is 13.5. The minimum atomic E-state index is -0.321. The normalized spacial score (nSPS) is 12.9. The molecule has 0 saturated heterocycles. The summed E-state index contributed by atoms with van der Waals surface area (Å²) in [6.07, 6.45) is 2.17. The van der Waals surface area contributed by atoms with E-state index in [-0.39, 0.29) is 11.7 Å². The first-order valence-electron chi connectivity index (χ1n) is 13.5. The fourth-order valence-corrected chi connectivity index (χ4v) is 4.93. The van der Waals surface area contributed by atoms with Gasteiger partial charge in [0.15, 0.2) is 5.82 Å². The molecule has 206 valence electrons. The summed E-state index contributed by atoms with van der Waals surface area (Å²) < 4.78 is 14.7. The van der Waals surface area contributed by atoms with Crippen LogP contribution >= 0.6 is 0 Å². The number of hydrogen-bond acceptors (Lipinski definition) is 5. The number of rotatable bonds is 10. The van der Waals surface area contributed by atoms with Crippen LogP contribution < -0.4 is 5.32 Å². The number of nitrogens with zero attached hydrogens (tertiary/aromatic N) is 4. The molecule has 0 amide bonds. The van der Waals surface area contributed by atoms with Crippen molar-refractivity contribution in [1.82, 2.24) is 25.1 Å². The van der Waals surface area contributed by atoms with Gasteiger partial charge in [-0.25, -0.2) is 9.37 Å². The predicted molar refractivity (Wildman–Crippen MR) is 161 cm³/mol. The monoisotopic (exact) mass is 529 g/mol. The number of H-pyrrole nitrogens is 2. The van der Waals surface area contributed by atoms with Gasteiger partial charge in [0.25, 0.3) is 0 Å². The number of aromatic nitrogens is 4. The molecule has 0 spiro atoms. The molecule has 0 atom stereocenters. The lowest BCUT2D eigenvalue weighted by Crippen LogP contribution is -2.21. The van der Waals surface area contributed by atoms with Gasteiger partial charge < -0.3 is 15.2 Å². The zero-order valence-corrected chi connectivity index (χ0v) is 24.3. The maximum Gasteiger partial charge on any atom is 0.159 e. The van der Waals surface area contributed by atoms with Gasteiger partial charge in [0.2, 0.25) is 0 Å². The van der Waals surface area contributed by atoms with E-state index in [0.29, 0.717) is 40.9 Å². The van der Waals surface area contributed by atoms with Crippen LogP contribution in [0, 0.1) is 11.7 Å². The Labute approximate surface area is 230 Å². The number of nitrogens with one attached hydrogen (secondary N) is 3. The number of hydrogen-bond donors (Lipinski definition) is 3. The molecular formula is C31H40FN7. The highest BCUT2D eigenvalue weighted by molar-refractivity contribution is 6.13. The van der Waals surface area contributed by atoms with E-state index in [4.69, 9.17) is 4.98 Å². The number of benzene rings is 2. The SMILES string of the molecule is C/C=C(/c1ccc2[nH]nc(-c3nc(C(=NC)c4cc(F)cc(NCCN(C)C)c4)c(C(C)C)[nH]3)c2c1)C(C)C. The molecule has 2 aromatic carbocycles. The van der Waals surface area contributed by atoms with Crippen LogP contribution in [0.4, 0.5) is 10.1 Å². The molecule has 0 bridgehead atoms. The summed E-state index contributed by atoms with van der Waals surface area (Å²) in [5.41, 5.74) is 7.81. The number of halogens is 1. The summed E-state index contributed by atoms with van der Waals surface area (Å²) >= 11 is 0. The second-order valence-electron chi connectivity index (χ2n) is 10.8. The standard InChI is InChI=1S/C31H40FN7/c1-9-24(18(2)3)20-10-11-26-25(16-20)29(38-37-26)31-35-27(19(4)5)30(36-31)28(33-6)21-14-22(32)17-23(15-21)34-12-13-39(7)8/h9-11,14-19,34H,12-13H2,1-8H3,(H,35,36)(H,37,38)/b24-9+,33-28?. The molecule has 0 saturated carbocycles. The van der Waals surface area contributed by atoms with Crippen molar-refractivity contribution in [3.63, 3.8) is 0 Å². The summed E-state index contributed by atoms with van der Waals surface area (Å²) in [7, 11) is 5.74. The lowest BCUT2D eigenvalue weighted by atomic mass is 9.94. The fraction of sp³-hybridized carbons (Fsp3) is 0.387. The average molecular weight is 530 g/mol. The lowest BCUT2D eigenvalue weighted by molar-refractivity contribution is 0.425. The summed E-state index contributed by atoms with van der Waals surface area (Å²) in [6, 6.07) is 11.3. The molecule has 2 heterocycles. The van der Waals surface area contributed by atoms with Gasteiger partial charge >= 0.3 is 0 Å². The summed E-state index contributed by atoms with van der Waals surface area (Å²) in [5, 5.41) is 12.1. The van der Waals surface area contributed by atoms with Crippen LogP contribution in [-0.2, 0) is 0 Å². The number of likely N-dealkylation sites (N-methyl/N-ethyl adjacent to an activating group) is 1. The van der Waals surface area contributed by atoms with Crippen molar-refractivity contribution in [2.24, 2.45) is 10.9 Å². The minimum absolute atomic E-state index is 0.139. The number of anilines is 1. The van der Waals surface area contributed by atoms with Gasteiger partial charge in [0, 0.05) is 42.5 Å². The molecule has 39 heavy (non-hydrogen) atoms. The van der Waals surface area contributed by atoms with Crippen molar-refractivity contribution in [3.8, 4) is 11.5 Å². The van der Waals surface area contributed by atoms with Crippen LogP contribution in [0.1, 0.15) is 63.1 Å². The van der Waals surface area contributed by atoms with E-state index in [2.05, 4.69) is 89.3 Å². The Kier molecular flexibility index (Phi) is 8.65. The van der Waals surface area contributed by atoms with Crippen LogP contribution in [0.15, 0.2) is 47.5 Å². The van der Waals surface area contributed by atoms with Gasteiger partial charge in [-0.15, -0.1) is 0 Å². The maximum atomic E-state index is 14.7. The van der Waals surface area contributed by atoms with Crippen molar-refractivity contribution in [2.45, 2.75) is 40.5 Å². The first kappa shape index (κ1) is 28.2. The van der Waals surface area contributed by atoms with Crippen molar-refractivity contribution < 1.29 is 4.39 Å². The molecule has 2 aromatic heterocycles. The molecule has 0 unspecified atom stereocenters. The highest BCUT2D eigenvalue weighted by Crippen LogP contribution is 2.32. The van der Waals surface area contributed by atoms with Gasteiger partial charge in [-0.1, -0.05) is 39.8 Å². The largest absolute Gasteiger partial charge is 0.384 e. The molecule has 3 N–H and O–H groups in total. The number of aliphatic imine (C=N–C) groups is 1. The van der Waals surface area contributed by atoms with Gasteiger partial charge in [-0.3, -0.25) is 10.1 Å². The molecule has 0 fully saturated rings. The van der Waals surface area contributed by atoms with E-state index in [0.717, 1.165) is 28.8 Å². The third kappa shape index (κ3) is 6.11. The molecule has 8 heteroatoms. The third-order valence-electron chi connectivity index (χ3n) is 6.87. The van der Waals surface area contributed by atoms with Crippen LogP contribution in [0.5, 0.6) is 0 Å². The van der Waals surface area contributed by atoms with Crippen molar-refractivity contribution in [2.75, 3.05) is 39.5 Å². The Balaban J connectivity index is 1.78. The predicted octanol–water partition coefficient (Wildman–Crippen LogP) is 6.72. The summed E-state index contributed by atoms with van der Waals surface area (Å²) in [4.78, 5) is 15.2. The van der Waals surface area contributed by atoms with E-state index in [1.54, 1.807) is 7.05 Å². The molecule has 0 aliphatic heterocycles. The Hall–Kier alpha value is -3.78. The molecule has 0 aliphatic rings. The topological polar surface area (TPSA) is 85.0 Å². The van der Waals surface area contributed by atoms with Gasteiger partial charge in [0.1, 0.15) is 17.2 Å². The lowest BCUT2D eigenvalue weighted by Gasteiger charge is -2.13. The molecule has 4 rings (SSSR count). The van der Waals surface area contributed by atoms with Gasteiger partial charge in [-0.05, 0) is 74.3 Å². The molecule has 0 radical (unpaired) electrons. The number of fused-ring (bicyclic) bond motifs is 1. The van der Waals surface area contributed by atoms with Crippen molar-refractivity contribution in [3.05, 3.63) is 70.8 Å². The number of imidazole rings is 1. The van der Waals surface area contributed by atoms with Crippen LogP contribution in [-0.4, -0.2) is 65.0 Å². The first-order chi connectivity index (χ1) is 18.6. The van der Waals surface area contributed by atoms with E-state index >= 15 is 0 Å². The molecule has 0 aliphatic carbocycles. The van der Waals surface area contributed by atoms with E-state index in [1.165, 1.54) is 23.3 Å². The molecule has 7 nitrogen and oxygen atoms in total. The zero-order valence-electron chi connectivity index (χ0n) is 24.3. The third-order valence-corrected chi connectivity index (χ3v) is 6.87. The highest BCUT2D eigenvalue weighted by Gasteiger charge is 2.23. The van der Waals surface area contributed by atoms with Crippen molar-refractivity contribution in [1.29, 1.82) is 0 Å². The number of aromatic amines is 2. The fourth-order valence-electron chi connectivity index (χ4n) is 4.93. The second-order valence-corrected chi connectivity index (χ2v) is 10.8. The van der Waals surface area contributed by atoms with Crippen LogP contribution in [0.3, 0.4) is 0 Å². The summed E-state index contributed by atoms with van der Waals surface area (Å²) in [5.74, 6) is 0.882. The minimum Gasteiger partial charge on any atom is -0.384 e. The van der Waals surface area contributed by atoms with Gasteiger partial charge in [-0.2, -0.15) is 5.10 Å². The van der Waals surface area contributed by atoms with Crippen LogP contribution in [0.25, 0.3) is 28.0 Å². The van der Waals surface area contributed by atoms with E-state index in [1.807, 2.05) is 20.2 Å². The average Bonchev–Trinajstić information content (AvgIpc) is 3.49.